The van der Waals surface area contributed by atoms with E-state index in [1.54, 1.807) is 17.3 Å². The smallest absolute Gasteiger partial charge is 0.317 e. The fourth-order valence-corrected chi connectivity index (χ4v) is 6.14. The van der Waals surface area contributed by atoms with Crippen molar-refractivity contribution in [3.63, 3.8) is 0 Å². The molecule has 0 saturated carbocycles. The first-order valence-electron chi connectivity index (χ1n) is 17.0. The summed E-state index contributed by atoms with van der Waals surface area (Å²) in [6, 6.07) is 19.4. The second kappa shape index (κ2) is 18.9. The first-order valence-corrected chi connectivity index (χ1v) is 17.0. The number of hydrogen-bond donors (Lipinski definition) is 3. The lowest BCUT2D eigenvalue weighted by Crippen LogP contribution is -2.48. The minimum Gasteiger partial charge on any atom is -0.480 e. The lowest BCUT2D eigenvalue weighted by atomic mass is 10.2. The number of pyridine rings is 2. The zero-order chi connectivity index (χ0) is 36.0. The minimum atomic E-state index is -0.992. The maximum Gasteiger partial charge on any atom is 0.317 e. The Morgan fingerprint density at radius 2 is 0.922 bits per heavy atom. The molecule has 4 aromatic rings. The van der Waals surface area contributed by atoms with Crippen LogP contribution in [0.4, 0.5) is 0 Å². The van der Waals surface area contributed by atoms with Gasteiger partial charge in [0.1, 0.15) is 0 Å². The molecule has 270 valence electrons. The van der Waals surface area contributed by atoms with Crippen molar-refractivity contribution in [2.24, 2.45) is 0 Å². The average Bonchev–Trinajstić information content (AvgIpc) is 3.09. The van der Waals surface area contributed by atoms with Crippen LogP contribution in [0.15, 0.2) is 73.1 Å². The normalized spacial score (nSPS) is 16.1. The Morgan fingerprint density at radius 3 is 1.31 bits per heavy atom. The van der Waals surface area contributed by atoms with Gasteiger partial charge in [-0.1, -0.05) is 24.3 Å². The van der Waals surface area contributed by atoms with Gasteiger partial charge in [0, 0.05) is 90.9 Å². The largest absolute Gasteiger partial charge is 0.480 e. The third-order valence-corrected chi connectivity index (χ3v) is 8.70. The Balaban J connectivity index is 1.44. The van der Waals surface area contributed by atoms with Gasteiger partial charge in [-0.3, -0.25) is 48.9 Å². The van der Waals surface area contributed by atoms with Crippen LogP contribution < -0.4 is 0 Å². The number of carboxylic acids is 3. The summed E-state index contributed by atoms with van der Waals surface area (Å²) < 4.78 is 0. The van der Waals surface area contributed by atoms with Crippen LogP contribution in [-0.4, -0.2) is 150 Å². The van der Waals surface area contributed by atoms with Gasteiger partial charge >= 0.3 is 17.9 Å². The number of aliphatic carboxylic acids is 3. The number of aromatic nitrogens is 4. The Labute approximate surface area is 296 Å². The predicted octanol–water partition coefficient (Wildman–Crippen LogP) is 1.60. The van der Waals surface area contributed by atoms with Gasteiger partial charge < -0.3 is 15.3 Å². The van der Waals surface area contributed by atoms with Gasteiger partial charge in [0.15, 0.2) is 0 Å². The Bertz CT molecular complexity index is 1660. The van der Waals surface area contributed by atoms with Gasteiger partial charge in [0.25, 0.3) is 0 Å². The van der Waals surface area contributed by atoms with E-state index in [1.165, 1.54) is 0 Å². The van der Waals surface area contributed by atoms with Crippen molar-refractivity contribution in [2.45, 2.75) is 26.2 Å². The Morgan fingerprint density at radius 1 is 0.529 bits per heavy atom. The fraction of sp³-hybridized carbons (Fsp3) is 0.417. The lowest BCUT2D eigenvalue weighted by Gasteiger charge is -2.33. The highest BCUT2D eigenvalue weighted by molar-refractivity contribution is 5.74. The molecule has 4 heterocycles. The van der Waals surface area contributed by atoms with Crippen molar-refractivity contribution >= 4 is 28.9 Å². The van der Waals surface area contributed by atoms with Crippen molar-refractivity contribution < 1.29 is 29.7 Å². The van der Waals surface area contributed by atoms with Crippen LogP contribution >= 0.6 is 0 Å². The zero-order valence-electron chi connectivity index (χ0n) is 28.6. The molecule has 1 fully saturated rings. The number of nitrogens with zero attached hydrogens (tertiary/aromatic N) is 9. The molecule has 1 aromatic carbocycles. The molecule has 0 unspecified atom stereocenters. The molecule has 0 spiro atoms. The highest BCUT2D eigenvalue weighted by Crippen LogP contribution is 2.19. The molecule has 1 aliphatic rings. The summed E-state index contributed by atoms with van der Waals surface area (Å²) in [4.78, 5) is 64.2. The summed E-state index contributed by atoms with van der Waals surface area (Å²) >= 11 is 0. The van der Waals surface area contributed by atoms with E-state index in [0.29, 0.717) is 78.5 Å². The van der Waals surface area contributed by atoms with Crippen LogP contribution in [-0.2, 0) is 40.6 Å². The predicted molar refractivity (Wildman–Crippen MR) is 188 cm³/mol. The van der Waals surface area contributed by atoms with Crippen molar-refractivity contribution in [2.75, 3.05) is 72.0 Å². The average molecular weight is 700 g/mol. The summed E-state index contributed by atoms with van der Waals surface area (Å²) in [5.74, 6) is -2.92. The number of fused-ring (bicyclic) bond motifs is 1. The van der Waals surface area contributed by atoms with E-state index in [4.69, 9.17) is 9.97 Å². The molecule has 15 heteroatoms. The fourth-order valence-electron chi connectivity index (χ4n) is 6.14. The van der Waals surface area contributed by atoms with Crippen LogP contribution in [0.2, 0.25) is 0 Å². The number of benzene rings is 1. The van der Waals surface area contributed by atoms with Gasteiger partial charge in [0.05, 0.1) is 53.4 Å². The third kappa shape index (κ3) is 12.4. The molecule has 0 radical (unpaired) electrons. The molecular formula is C36H45N9O6. The van der Waals surface area contributed by atoms with Gasteiger partial charge in [0.2, 0.25) is 0 Å². The number of hydrogen-bond acceptors (Lipinski definition) is 12. The monoisotopic (exact) mass is 699 g/mol. The van der Waals surface area contributed by atoms with E-state index in [1.807, 2.05) is 70.5 Å². The van der Waals surface area contributed by atoms with Crippen LogP contribution in [0.5, 0.6) is 0 Å². The van der Waals surface area contributed by atoms with E-state index in [0.717, 1.165) is 33.8 Å². The highest BCUT2D eigenvalue weighted by atomic mass is 16.4. The summed E-state index contributed by atoms with van der Waals surface area (Å²) in [5, 5.41) is 28.8. The second-order valence-corrected chi connectivity index (χ2v) is 12.7. The molecule has 5 rings (SSSR count). The minimum absolute atomic E-state index is 0.184. The molecule has 3 aromatic heterocycles. The van der Waals surface area contributed by atoms with Crippen LogP contribution in [0.3, 0.4) is 0 Å². The van der Waals surface area contributed by atoms with Crippen molar-refractivity contribution in [3.8, 4) is 0 Å². The van der Waals surface area contributed by atoms with Crippen molar-refractivity contribution in [1.29, 1.82) is 0 Å². The number of rotatable bonds is 14. The second-order valence-electron chi connectivity index (χ2n) is 12.7. The highest BCUT2D eigenvalue weighted by Gasteiger charge is 2.22. The molecule has 0 atom stereocenters. The number of para-hydroxylation sites is 2. The zero-order valence-corrected chi connectivity index (χ0v) is 28.6. The van der Waals surface area contributed by atoms with Gasteiger partial charge in [-0.05, 0) is 36.4 Å². The van der Waals surface area contributed by atoms with Crippen LogP contribution in [0.25, 0.3) is 11.0 Å². The molecule has 3 N–H and O–H groups in total. The third-order valence-electron chi connectivity index (χ3n) is 8.70. The first kappa shape index (κ1) is 37.3. The van der Waals surface area contributed by atoms with E-state index in [-0.39, 0.29) is 19.6 Å². The maximum atomic E-state index is 11.8. The summed E-state index contributed by atoms with van der Waals surface area (Å²) in [7, 11) is 0. The molecule has 1 aliphatic heterocycles. The van der Waals surface area contributed by atoms with Gasteiger partial charge in [-0.25, -0.2) is 9.97 Å². The standard InChI is InChI=1S/C36H45N9O6/c46-34(47)25-42-15-13-41(14-16-43(26-35(48)49)18-20-44(19-17-42)27-36(50)51)23-32-33(40-31-10-2-1-9-30(31)39-32)24-45(21-28-7-3-5-11-37-28)22-29-8-4-6-12-38-29/h1-12H,13-27H2,(H,46,47)(H,48,49)(H,50,51). The number of carbonyl (C=O) groups is 3. The Kier molecular flexibility index (Phi) is 13.8. The first-order chi connectivity index (χ1) is 24.7. The SMILES string of the molecule is O=C(O)CN1CCN(CC(=O)O)CCN(Cc2nc3ccccc3nc2CN(Cc2ccccn2)Cc2ccccn2)CCN(CC(=O)O)CC1. The summed E-state index contributed by atoms with van der Waals surface area (Å²) in [6.07, 6.45) is 3.55. The lowest BCUT2D eigenvalue weighted by molar-refractivity contribution is -0.140. The molecular weight excluding hydrogens is 654 g/mol. The number of carboxylic acid groups (broad SMARTS) is 3. The molecule has 0 bridgehead atoms. The van der Waals surface area contributed by atoms with E-state index < -0.39 is 17.9 Å². The van der Waals surface area contributed by atoms with Crippen molar-refractivity contribution in [1.82, 2.24) is 44.4 Å². The summed E-state index contributed by atoms with van der Waals surface area (Å²) in [5.41, 5.74) is 4.91. The van der Waals surface area contributed by atoms with E-state index >= 15 is 0 Å². The van der Waals surface area contributed by atoms with E-state index in [9.17, 15) is 29.7 Å². The van der Waals surface area contributed by atoms with Crippen LogP contribution in [0, 0.1) is 0 Å². The topological polar surface area (TPSA) is 180 Å². The molecule has 1 saturated heterocycles. The van der Waals surface area contributed by atoms with Gasteiger partial charge in [-0.15, -0.1) is 0 Å². The Hall–Kier alpha value is -4.93. The van der Waals surface area contributed by atoms with Gasteiger partial charge in [-0.2, -0.15) is 0 Å². The maximum absolute atomic E-state index is 11.8. The summed E-state index contributed by atoms with van der Waals surface area (Å²) in [6.45, 7) is 4.55. The molecule has 51 heavy (non-hydrogen) atoms. The molecule has 15 nitrogen and oxygen atoms in total. The van der Waals surface area contributed by atoms with E-state index in [2.05, 4.69) is 19.8 Å². The molecule has 0 amide bonds. The molecule has 0 aliphatic carbocycles. The quantitative estimate of drug-likeness (QED) is 0.173. The van der Waals surface area contributed by atoms with Crippen LogP contribution in [0.1, 0.15) is 22.8 Å². The van der Waals surface area contributed by atoms with Crippen molar-refractivity contribution in [3.05, 3.63) is 95.8 Å².